The summed E-state index contributed by atoms with van der Waals surface area (Å²) in [6.45, 7) is 8.08. The van der Waals surface area contributed by atoms with Gasteiger partial charge in [0.05, 0.1) is 0 Å². The second-order valence-electron chi connectivity index (χ2n) is 6.22. The molecular formula is C16H34N4O. The molecule has 1 aliphatic rings. The molecule has 0 saturated carbocycles. The molecule has 2 N–H and O–H groups in total. The first-order chi connectivity index (χ1) is 10.1. The molecule has 1 aliphatic heterocycles. The smallest absolute Gasteiger partial charge is 0.191 e. The van der Waals surface area contributed by atoms with Crippen LogP contribution in [0.4, 0.5) is 0 Å². The van der Waals surface area contributed by atoms with Crippen molar-refractivity contribution in [2.24, 2.45) is 10.9 Å². The fourth-order valence-corrected chi connectivity index (χ4v) is 2.82. The van der Waals surface area contributed by atoms with Gasteiger partial charge in [-0.1, -0.05) is 26.7 Å². The lowest BCUT2D eigenvalue weighted by Crippen LogP contribution is -2.57. The molecule has 0 spiro atoms. The minimum absolute atomic E-state index is 0.171. The van der Waals surface area contributed by atoms with Crippen LogP contribution in [-0.4, -0.2) is 63.8 Å². The molecule has 1 saturated heterocycles. The second-order valence-corrected chi connectivity index (χ2v) is 6.22. The number of likely N-dealkylation sites (N-methyl/N-ethyl adjacent to an activating group) is 1. The van der Waals surface area contributed by atoms with Crippen LogP contribution in [0.2, 0.25) is 0 Å². The number of nitrogens with one attached hydrogen (secondary N) is 2. The van der Waals surface area contributed by atoms with E-state index in [1.165, 1.54) is 12.8 Å². The van der Waals surface area contributed by atoms with E-state index in [9.17, 15) is 0 Å². The number of nitrogens with zero attached hydrogens (tertiary/aromatic N) is 2. The van der Waals surface area contributed by atoms with Gasteiger partial charge in [0.2, 0.25) is 0 Å². The van der Waals surface area contributed by atoms with Crippen molar-refractivity contribution in [3.63, 3.8) is 0 Å². The van der Waals surface area contributed by atoms with E-state index in [2.05, 4.69) is 48.5 Å². The standard InChI is InChI=1S/C16H34N4O/c1-6-14(7-2)12-18-15(17-3)19-13-16(20(4)5)8-10-21-11-9-16/h14H,6-13H2,1-5H3,(H2,17,18,19). The van der Waals surface area contributed by atoms with Crippen LogP contribution >= 0.6 is 0 Å². The Bertz CT molecular complexity index is 307. The molecule has 5 nitrogen and oxygen atoms in total. The minimum Gasteiger partial charge on any atom is -0.381 e. The molecule has 0 bridgehead atoms. The fourth-order valence-electron chi connectivity index (χ4n) is 2.82. The molecule has 0 unspecified atom stereocenters. The Morgan fingerprint density at radius 3 is 2.29 bits per heavy atom. The van der Waals surface area contributed by atoms with Crippen LogP contribution in [0.1, 0.15) is 39.5 Å². The topological polar surface area (TPSA) is 48.9 Å². The van der Waals surface area contributed by atoms with E-state index >= 15 is 0 Å². The average molecular weight is 298 g/mol. The number of guanidine groups is 1. The number of aliphatic imine (C=N–C) groups is 1. The van der Waals surface area contributed by atoms with Gasteiger partial charge < -0.3 is 20.3 Å². The van der Waals surface area contributed by atoms with E-state index in [0.29, 0.717) is 0 Å². The van der Waals surface area contributed by atoms with Crippen LogP contribution in [-0.2, 0) is 4.74 Å². The zero-order valence-electron chi connectivity index (χ0n) is 14.5. The molecule has 124 valence electrons. The van der Waals surface area contributed by atoms with Gasteiger partial charge in [0.25, 0.3) is 0 Å². The summed E-state index contributed by atoms with van der Waals surface area (Å²) < 4.78 is 5.52. The minimum atomic E-state index is 0.171. The van der Waals surface area contributed by atoms with Crippen LogP contribution in [0.25, 0.3) is 0 Å². The Kier molecular flexibility index (Phi) is 8.04. The SMILES string of the molecule is CCC(CC)CNC(=NC)NCC1(N(C)C)CCOCC1. The molecule has 0 radical (unpaired) electrons. The lowest BCUT2D eigenvalue weighted by atomic mass is 9.88. The van der Waals surface area contributed by atoms with Crippen LogP contribution in [0, 0.1) is 5.92 Å². The first kappa shape index (κ1) is 18.2. The summed E-state index contributed by atoms with van der Waals surface area (Å²) in [6, 6.07) is 0. The van der Waals surface area contributed by atoms with Gasteiger partial charge in [-0.25, -0.2) is 0 Å². The van der Waals surface area contributed by atoms with Gasteiger partial charge in [-0.05, 0) is 32.9 Å². The predicted octanol–water partition coefficient (Wildman–Crippen LogP) is 1.70. The van der Waals surface area contributed by atoms with Gasteiger partial charge in [0.1, 0.15) is 0 Å². The van der Waals surface area contributed by atoms with E-state index in [4.69, 9.17) is 4.74 Å². The summed E-state index contributed by atoms with van der Waals surface area (Å²) in [6.07, 6.45) is 4.55. The average Bonchev–Trinajstić information content (AvgIpc) is 2.51. The molecule has 0 aromatic rings. The van der Waals surface area contributed by atoms with Crippen LogP contribution in [0.15, 0.2) is 4.99 Å². The molecule has 0 aromatic carbocycles. The van der Waals surface area contributed by atoms with Crippen LogP contribution in [0.3, 0.4) is 0 Å². The monoisotopic (exact) mass is 298 g/mol. The van der Waals surface area contributed by atoms with Crippen molar-refractivity contribution in [3.8, 4) is 0 Å². The van der Waals surface area contributed by atoms with Gasteiger partial charge in [-0.2, -0.15) is 0 Å². The van der Waals surface area contributed by atoms with Gasteiger partial charge >= 0.3 is 0 Å². The molecule has 0 aliphatic carbocycles. The van der Waals surface area contributed by atoms with Gasteiger partial charge in [-0.3, -0.25) is 4.99 Å². The third-order valence-corrected chi connectivity index (χ3v) is 4.89. The lowest BCUT2D eigenvalue weighted by Gasteiger charge is -2.43. The summed E-state index contributed by atoms with van der Waals surface area (Å²) in [5.41, 5.74) is 0.171. The molecule has 5 heteroatoms. The van der Waals surface area contributed by atoms with E-state index in [1.54, 1.807) is 0 Å². The number of hydrogen-bond acceptors (Lipinski definition) is 3. The van der Waals surface area contributed by atoms with Gasteiger partial charge in [0, 0.05) is 38.9 Å². The normalized spacial score (nSPS) is 19.1. The largest absolute Gasteiger partial charge is 0.381 e. The maximum Gasteiger partial charge on any atom is 0.191 e. The Morgan fingerprint density at radius 2 is 1.81 bits per heavy atom. The quantitative estimate of drug-likeness (QED) is 0.555. The second kappa shape index (κ2) is 9.26. The number of rotatable bonds is 7. The van der Waals surface area contributed by atoms with Crippen molar-refractivity contribution >= 4 is 5.96 Å². The Balaban J connectivity index is 2.49. The van der Waals surface area contributed by atoms with E-state index < -0.39 is 0 Å². The highest BCUT2D eigenvalue weighted by atomic mass is 16.5. The Morgan fingerprint density at radius 1 is 1.19 bits per heavy atom. The van der Waals surface area contributed by atoms with E-state index in [0.717, 1.165) is 51.0 Å². The van der Waals surface area contributed by atoms with E-state index in [-0.39, 0.29) is 5.54 Å². The molecule has 1 rings (SSSR count). The van der Waals surface area contributed by atoms with Crippen molar-refractivity contribution in [2.45, 2.75) is 45.1 Å². The first-order valence-corrected chi connectivity index (χ1v) is 8.27. The van der Waals surface area contributed by atoms with Crippen molar-refractivity contribution in [3.05, 3.63) is 0 Å². The van der Waals surface area contributed by atoms with E-state index in [1.807, 2.05) is 7.05 Å². The molecule has 0 aromatic heterocycles. The third kappa shape index (κ3) is 5.47. The summed E-state index contributed by atoms with van der Waals surface area (Å²) in [5, 5.41) is 6.96. The summed E-state index contributed by atoms with van der Waals surface area (Å²) in [4.78, 5) is 6.68. The summed E-state index contributed by atoms with van der Waals surface area (Å²) >= 11 is 0. The third-order valence-electron chi connectivity index (χ3n) is 4.89. The van der Waals surface area contributed by atoms with Crippen molar-refractivity contribution in [1.82, 2.24) is 15.5 Å². The molecule has 1 heterocycles. The van der Waals surface area contributed by atoms with Crippen LogP contribution < -0.4 is 10.6 Å². The zero-order valence-corrected chi connectivity index (χ0v) is 14.5. The molecule has 0 atom stereocenters. The van der Waals surface area contributed by atoms with Crippen molar-refractivity contribution in [2.75, 3.05) is 47.4 Å². The first-order valence-electron chi connectivity index (χ1n) is 8.27. The van der Waals surface area contributed by atoms with Gasteiger partial charge in [0.15, 0.2) is 5.96 Å². The van der Waals surface area contributed by atoms with Gasteiger partial charge in [-0.15, -0.1) is 0 Å². The number of ether oxygens (including phenoxy) is 1. The molecule has 21 heavy (non-hydrogen) atoms. The van der Waals surface area contributed by atoms with Crippen molar-refractivity contribution in [1.29, 1.82) is 0 Å². The maximum absolute atomic E-state index is 5.52. The molecule has 0 amide bonds. The predicted molar refractivity (Wildman–Crippen MR) is 89.9 cm³/mol. The molecule has 1 fully saturated rings. The highest BCUT2D eigenvalue weighted by Crippen LogP contribution is 2.24. The van der Waals surface area contributed by atoms with Crippen LogP contribution in [0.5, 0.6) is 0 Å². The Hall–Kier alpha value is -0.810. The summed E-state index contributed by atoms with van der Waals surface area (Å²) in [5.74, 6) is 1.63. The van der Waals surface area contributed by atoms with Crippen molar-refractivity contribution < 1.29 is 4.74 Å². The molecular weight excluding hydrogens is 264 g/mol. The maximum atomic E-state index is 5.52. The summed E-state index contributed by atoms with van der Waals surface area (Å²) in [7, 11) is 6.16. The zero-order chi connectivity index (χ0) is 15.7. The Labute approximate surface area is 130 Å². The number of hydrogen-bond donors (Lipinski definition) is 2. The highest BCUT2D eigenvalue weighted by molar-refractivity contribution is 5.79. The lowest BCUT2D eigenvalue weighted by molar-refractivity contribution is -0.00501. The highest BCUT2D eigenvalue weighted by Gasteiger charge is 2.34. The fraction of sp³-hybridized carbons (Fsp3) is 0.938.